The van der Waals surface area contributed by atoms with E-state index in [4.69, 9.17) is 4.52 Å². The van der Waals surface area contributed by atoms with Crippen LogP contribution in [0.15, 0.2) is 34.9 Å². The number of rotatable bonds is 6. The van der Waals surface area contributed by atoms with Crippen LogP contribution in [0, 0.1) is 0 Å². The van der Waals surface area contributed by atoms with Crippen LogP contribution in [0.25, 0.3) is 0 Å². The van der Waals surface area contributed by atoms with E-state index in [1.54, 1.807) is 0 Å². The van der Waals surface area contributed by atoms with E-state index in [9.17, 15) is 9.59 Å². The van der Waals surface area contributed by atoms with E-state index in [1.165, 1.54) is 0 Å². The molecule has 1 saturated heterocycles. The molecule has 0 radical (unpaired) electrons. The van der Waals surface area contributed by atoms with Crippen LogP contribution < -0.4 is 5.32 Å². The molecule has 1 N–H and O–H groups in total. The largest absolute Gasteiger partial charge is 0.337 e. The van der Waals surface area contributed by atoms with Gasteiger partial charge in [-0.25, -0.2) is 4.79 Å². The first kappa shape index (κ1) is 16.2. The summed E-state index contributed by atoms with van der Waals surface area (Å²) in [6.07, 6.45) is 2.06. The third kappa shape index (κ3) is 2.66. The Kier molecular flexibility index (Phi) is 4.33. The molecule has 2 aromatic rings. The van der Waals surface area contributed by atoms with Gasteiger partial charge in [0, 0.05) is 6.42 Å². The summed E-state index contributed by atoms with van der Waals surface area (Å²) in [6, 6.07) is 8.82. The van der Waals surface area contributed by atoms with E-state index in [0.717, 1.165) is 16.9 Å². The number of urea groups is 1. The van der Waals surface area contributed by atoms with Gasteiger partial charge in [-0.3, -0.25) is 9.69 Å². The van der Waals surface area contributed by atoms with Crippen LogP contribution in [-0.4, -0.2) is 27.0 Å². The number of benzene rings is 1. The predicted molar refractivity (Wildman–Crippen MR) is 85.8 cm³/mol. The zero-order valence-electron chi connectivity index (χ0n) is 13.8. The topological polar surface area (TPSA) is 88.3 Å². The Balaban J connectivity index is 1.85. The maximum atomic E-state index is 13.0. The van der Waals surface area contributed by atoms with Gasteiger partial charge in [0.05, 0.1) is 0 Å². The lowest BCUT2D eigenvalue weighted by Gasteiger charge is -2.25. The summed E-state index contributed by atoms with van der Waals surface area (Å²) >= 11 is 0. The molecule has 3 rings (SSSR count). The average Bonchev–Trinajstić information content (AvgIpc) is 3.14. The van der Waals surface area contributed by atoms with Gasteiger partial charge in [-0.05, 0) is 18.4 Å². The van der Waals surface area contributed by atoms with Crippen molar-refractivity contribution in [2.24, 2.45) is 0 Å². The molecule has 24 heavy (non-hydrogen) atoms. The van der Waals surface area contributed by atoms with Crippen LogP contribution in [-0.2, 0) is 23.3 Å². The van der Waals surface area contributed by atoms with Gasteiger partial charge in [0.25, 0.3) is 5.91 Å². The van der Waals surface area contributed by atoms with E-state index >= 15 is 0 Å². The number of nitrogens with zero attached hydrogens (tertiary/aromatic N) is 3. The van der Waals surface area contributed by atoms with Crippen molar-refractivity contribution in [3.05, 3.63) is 47.6 Å². The Morgan fingerprint density at radius 2 is 1.96 bits per heavy atom. The highest BCUT2D eigenvalue weighted by molar-refractivity contribution is 6.07. The van der Waals surface area contributed by atoms with Crippen molar-refractivity contribution in [1.82, 2.24) is 20.4 Å². The number of nitrogens with one attached hydrogen (secondary N) is 1. The molecule has 7 heteroatoms. The summed E-state index contributed by atoms with van der Waals surface area (Å²) in [5.74, 6) is 0.558. The zero-order chi connectivity index (χ0) is 17.2. The lowest BCUT2D eigenvalue weighted by atomic mass is 9.87. The van der Waals surface area contributed by atoms with Crippen LogP contribution in [0.1, 0.15) is 44.0 Å². The van der Waals surface area contributed by atoms with Crippen molar-refractivity contribution in [2.45, 2.75) is 45.2 Å². The minimum atomic E-state index is -1.04. The lowest BCUT2D eigenvalue weighted by Crippen LogP contribution is -2.43. The molecule has 0 bridgehead atoms. The van der Waals surface area contributed by atoms with E-state index in [0.29, 0.717) is 18.7 Å². The van der Waals surface area contributed by atoms with Gasteiger partial charge in [-0.2, -0.15) is 4.98 Å². The van der Waals surface area contributed by atoms with Gasteiger partial charge in [0.2, 0.25) is 5.89 Å². The van der Waals surface area contributed by atoms with Crippen LogP contribution in [0.4, 0.5) is 4.79 Å². The highest BCUT2D eigenvalue weighted by atomic mass is 16.5. The molecule has 1 fully saturated rings. The number of imide groups is 1. The molecule has 1 aliphatic heterocycles. The number of carbonyl (C=O) groups excluding carboxylic acids is 2. The lowest BCUT2D eigenvalue weighted by molar-refractivity contribution is -0.132. The van der Waals surface area contributed by atoms with Crippen LogP contribution >= 0.6 is 0 Å². The van der Waals surface area contributed by atoms with E-state index in [-0.39, 0.29) is 18.3 Å². The van der Waals surface area contributed by atoms with Crippen LogP contribution in [0.2, 0.25) is 0 Å². The summed E-state index contributed by atoms with van der Waals surface area (Å²) in [4.78, 5) is 30.7. The molecule has 2 heterocycles. The highest BCUT2D eigenvalue weighted by Gasteiger charge is 2.51. The number of amides is 3. The van der Waals surface area contributed by atoms with Crippen molar-refractivity contribution in [2.75, 3.05) is 0 Å². The van der Waals surface area contributed by atoms with E-state index in [2.05, 4.69) is 15.5 Å². The normalized spacial score (nSPS) is 20.5. The van der Waals surface area contributed by atoms with Gasteiger partial charge in [0.15, 0.2) is 5.82 Å². The molecule has 0 unspecified atom stereocenters. The second-order valence-corrected chi connectivity index (χ2v) is 5.80. The maximum absolute atomic E-state index is 13.0. The molecule has 126 valence electrons. The summed E-state index contributed by atoms with van der Waals surface area (Å²) in [6.45, 7) is 3.87. The number of hydrogen-bond donors (Lipinski definition) is 1. The summed E-state index contributed by atoms with van der Waals surface area (Å²) < 4.78 is 5.15. The van der Waals surface area contributed by atoms with Crippen molar-refractivity contribution in [3.63, 3.8) is 0 Å². The quantitative estimate of drug-likeness (QED) is 0.823. The second kappa shape index (κ2) is 6.43. The molecule has 1 aliphatic rings. The van der Waals surface area contributed by atoms with E-state index in [1.807, 2.05) is 44.2 Å². The van der Waals surface area contributed by atoms with Crippen molar-refractivity contribution < 1.29 is 14.1 Å². The third-order valence-corrected chi connectivity index (χ3v) is 4.25. The van der Waals surface area contributed by atoms with Gasteiger partial charge >= 0.3 is 6.03 Å². The molecular weight excluding hydrogens is 308 g/mol. The zero-order valence-corrected chi connectivity index (χ0v) is 13.8. The molecule has 0 saturated carbocycles. The molecule has 0 aliphatic carbocycles. The maximum Gasteiger partial charge on any atom is 0.325 e. The average molecular weight is 328 g/mol. The molecule has 1 aromatic carbocycles. The third-order valence-electron chi connectivity index (χ3n) is 4.25. The van der Waals surface area contributed by atoms with Crippen molar-refractivity contribution in [3.8, 4) is 0 Å². The minimum Gasteiger partial charge on any atom is -0.337 e. The fourth-order valence-electron chi connectivity index (χ4n) is 2.95. The Hall–Kier alpha value is -2.70. The Labute approximate surface area is 140 Å². The second-order valence-electron chi connectivity index (χ2n) is 5.80. The SMILES string of the molecule is CCCc1noc(CN2C(=O)N[C@@](CC)(c3ccccc3)C2=O)n1. The molecule has 1 aromatic heterocycles. The van der Waals surface area contributed by atoms with Gasteiger partial charge in [0.1, 0.15) is 12.1 Å². The summed E-state index contributed by atoms with van der Waals surface area (Å²) in [5.41, 5.74) is -0.268. The Morgan fingerprint density at radius 3 is 2.62 bits per heavy atom. The van der Waals surface area contributed by atoms with Crippen LogP contribution in [0.3, 0.4) is 0 Å². The number of hydrogen-bond acceptors (Lipinski definition) is 5. The molecular formula is C17H20N4O3. The minimum absolute atomic E-state index is 0.0179. The smallest absolute Gasteiger partial charge is 0.325 e. The van der Waals surface area contributed by atoms with Gasteiger partial charge in [-0.1, -0.05) is 49.3 Å². The first-order valence-electron chi connectivity index (χ1n) is 8.11. The number of aryl methyl sites for hydroxylation is 1. The van der Waals surface area contributed by atoms with Crippen LogP contribution in [0.5, 0.6) is 0 Å². The first-order chi connectivity index (χ1) is 11.6. The fraction of sp³-hybridized carbons (Fsp3) is 0.412. The summed E-state index contributed by atoms with van der Waals surface area (Å²) in [7, 11) is 0. The fourth-order valence-corrected chi connectivity index (χ4v) is 2.95. The van der Waals surface area contributed by atoms with Crippen molar-refractivity contribution in [1.29, 1.82) is 0 Å². The predicted octanol–water partition coefficient (Wildman–Crippen LogP) is 2.38. The highest BCUT2D eigenvalue weighted by Crippen LogP contribution is 2.32. The monoisotopic (exact) mass is 328 g/mol. The Morgan fingerprint density at radius 1 is 1.21 bits per heavy atom. The van der Waals surface area contributed by atoms with E-state index < -0.39 is 11.6 Å². The molecule has 0 spiro atoms. The summed E-state index contributed by atoms with van der Waals surface area (Å²) in [5, 5.41) is 6.69. The molecule has 3 amide bonds. The number of aromatic nitrogens is 2. The van der Waals surface area contributed by atoms with Crippen molar-refractivity contribution >= 4 is 11.9 Å². The Bertz CT molecular complexity index is 743. The first-order valence-corrected chi connectivity index (χ1v) is 8.11. The molecule has 7 nitrogen and oxygen atoms in total. The van der Waals surface area contributed by atoms with Gasteiger partial charge in [-0.15, -0.1) is 0 Å². The molecule has 1 atom stereocenters. The number of carbonyl (C=O) groups is 2. The standard InChI is InChI=1S/C17H20N4O3/c1-3-8-13-18-14(24-20-13)11-21-15(22)17(4-2,19-16(21)23)12-9-6-5-7-10-12/h5-7,9-10H,3-4,8,11H2,1-2H3,(H,19,23)/t17-/m0/s1. The van der Waals surface area contributed by atoms with Gasteiger partial charge < -0.3 is 9.84 Å².